The monoisotopic (exact) mass is 332 g/mol. The normalized spacial score (nSPS) is 27.9. The van der Waals surface area contributed by atoms with Crippen molar-refractivity contribution in [1.29, 1.82) is 0 Å². The van der Waals surface area contributed by atoms with Crippen LogP contribution in [0.4, 0.5) is 0 Å². The zero-order valence-electron chi connectivity index (χ0n) is 13.5. The van der Waals surface area contributed by atoms with Gasteiger partial charge in [-0.25, -0.2) is 10.1 Å². The quantitative estimate of drug-likeness (QED) is 0.419. The van der Waals surface area contributed by atoms with E-state index in [0.29, 0.717) is 44.5 Å². The molecule has 0 amide bonds. The van der Waals surface area contributed by atoms with Crippen LogP contribution < -0.4 is 0 Å². The number of guanidine groups is 1. The van der Waals surface area contributed by atoms with Gasteiger partial charge in [-0.15, -0.1) is 0 Å². The Morgan fingerprint density at radius 1 is 1.41 bits per heavy atom. The van der Waals surface area contributed by atoms with Gasteiger partial charge >= 0.3 is 0 Å². The maximum absolute atomic E-state index is 13.0. The molecule has 2 rings (SSSR count). The Morgan fingerprint density at radius 2 is 2.09 bits per heavy atom. The molecule has 0 N–H and O–H groups in total. The summed E-state index contributed by atoms with van der Waals surface area (Å²) in [6.45, 7) is 8.26. The second kappa shape index (κ2) is 6.96. The minimum Gasteiger partial charge on any atom is -0.378 e. The minimum absolute atomic E-state index is 0.233. The van der Waals surface area contributed by atoms with E-state index in [4.69, 9.17) is 4.74 Å². The number of hydrogen-bond donors (Lipinski definition) is 0. The predicted molar refractivity (Wildman–Crippen MR) is 84.9 cm³/mol. The van der Waals surface area contributed by atoms with Gasteiger partial charge < -0.3 is 14.2 Å². The second-order valence-electron chi connectivity index (χ2n) is 5.93. The van der Waals surface area contributed by atoms with Crippen molar-refractivity contribution in [2.24, 2.45) is 11.0 Å². The average Bonchev–Trinajstić information content (AvgIpc) is 3.06. The molecule has 2 heterocycles. The van der Waals surface area contributed by atoms with Crippen molar-refractivity contribution in [2.75, 3.05) is 38.6 Å². The van der Waals surface area contributed by atoms with Crippen LogP contribution in [0, 0.1) is 16.0 Å². The molecule has 2 saturated heterocycles. The Balaban J connectivity index is 2.17. The summed E-state index contributed by atoms with van der Waals surface area (Å²) in [7, 11) is -2.61. The van der Waals surface area contributed by atoms with Crippen LogP contribution in [0.2, 0.25) is 0 Å². The van der Waals surface area contributed by atoms with Crippen molar-refractivity contribution in [2.45, 2.75) is 33.3 Å². The molecule has 2 atom stereocenters. The lowest BCUT2D eigenvalue weighted by atomic mass is 10.1. The Kier molecular flexibility index (Phi) is 5.45. The first-order valence-corrected chi connectivity index (χ1v) is 9.88. The molecule has 9 heteroatoms. The van der Waals surface area contributed by atoms with E-state index in [1.54, 1.807) is 4.67 Å². The van der Waals surface area contributed by atoms with Crippen molar-refractivity contribution in [3.8, 4) is 0 Å². The molecule has 0 aliphatic carbocycles. The van der Waals surface area contributed by atoms with Crippen LogP contribution in [0.5, 0.6) is 0 Å². The van der Waals surface area contributed by atoms with Gasteiger partial charge in [-0.3, -0.25) is 4.67 Å². The number of hydrazone groups is 1. The molecule has 2 aliphatic rings. The molecule has 0 bridgehead atoms. The molecule has 0 spiro atoms. The van der Waals surface area contributed by atoms with Crippen LogP contribution in [0.25, 0.3) is 0 Å². The lowest BCUT2D eigenvalue weighted by Gasteiger charge is -2.28. The van der Waals surface area contributed by atoms with E-state index in [1.807, 2.05) is 25.7 Å². The summed E-state index contributed by atoms with van der Waals surface area (Å²) in [4.78, 5) is 12.8. The Bertz CT molecular complexity index is 490. The predicted octanol–water partition coefficient (Wildman–Crippen LogP) is 1.89. The van der Waals surface area contributed by atoms with E-state index in [-0.39, 0.29) is 12.1 Å². The van der Waals surface area contributed by atoms with Gasteiger partial charge in [0.15, 0.2) is 12.3 Å². The summed E-state index contributed by atoms with van der Waals surface area (Å²) in [6.07, 6.45) is 2.17. The van der Waals surface area contributed by atoms with E-state index < -0.39 is 12.3 Å². The van der Waals surface area contributed by atoms with Crippen LogP contribution in [0.3, 0.4) is 0 Å². The molecule has 0 aromatic rings. The number of rotatable bonds is 6. The average molecular weight is 332 g/mol. The molecule has 0 saturated carbocycles. The first kappa shape index (κ1) is 17.2. The molecular weight excluding hydrogens is 307 g/mol. The van der Waals surface area contributed by atoms with Crippen LogP contribution in [0.1, 0.15) is 27.2 Å². The first-order chi connectivity index (χ1) is 10.4. The van der Waals surface area contributed by atoms with Gasteiger partial charge in [0.2, 0.25) is 0 Å². The summed E-state index contributed by atoms with van der Waals surface area (Å²) in [5.74, 6) is 0.603. The van der Waals surface area contributed by atoms with Gasteiger partial charge in [-0.1, -0.05) is 13.8 Å². The van der Waals surface area contributed by atoms with Crippen LogP contribution in [0.15, 0.2) is 5.10 Å². The number of nitrogens with zero attached hydrogens (tertiary/aromatic N) is 4. The van der Waals surface area contributed by atoms with Crippen molar-refractivity contribution < 1.29 is 14.3 Å². The lowest BCUT2D eigenvalue weighted by molar-refractivity contribution is -0.486. The lowest BCUT2D eigenvalue weighted by Crippen LogP contribution is -2.36. The molecule has 126 valence electrons. The van der Waals surface area contributed by atoms with Crippen LogP contribution in [-0.2, 0) is 9.30 Å². The van der Waals surface area contributed by atoms with E-state index in [9.17, 15) is 14.7 Å². The third kappa shape index (κ3) is 3.60. The summed E-state index contributed by atoms with van der Waals surface area (Å²) in [5, 5.41) is 13.7. The van der Waals surface area contributed by atoms with E-state index in [0.717, 1.165) is 6.42 Å². The largest absolute Gasteiger partial charge is 0.378 e. The highest BCUT2D eigenvalue weighted by Crippen LogP contribution is 2.50. The van der Waals surface area contributed by atoms with Gasteiger partial charge in [0.1, 0.15) is 5.10 Å². The van der Waals surface area contributed by atoms with Crippen molar-refractivity contribution >= 4 is 13.3 Å². The van der Waals surface area contributed by atoms with Crippen molar-refractivity contribution in [3.63, 3.8) is 0 Å². The van der Waals surface area contributed by atoms with Crippen LogP contribution >= 0.6 is 7.29 Å². The Morgan fingerprint density at radius 3 is 2.59 bits per heavy atom. The highest BCUT2D eigenvalue weighted by molar-refractivity contribution is 7.62. The summed E-state index contributed by atoms with van der Waals surface area (Å²) < 4.78 is 20.2. The molecule has 2 aliphatic heterocycles. The van der Waals surface area contributed by atoms with E-state index in [2.05, 4.69) is 5.10 Å². The van der Waals surface area contributed by atoms with Crippen molar-refractivity contribution in [3.05, 3.63) is 10.1 Å². The second-order valence-corrected chi connectivity index (χ2v) is 9.37. The highest BCUT2D eigenvalue weighted by atomic mass is 31.2. The Hall–Kier alpha value is -1.14. The minimum atomic E-state index is -2.61. The molecule has 2 unspecified atom stereocenters. The van der Waals surface area contributed by atoms with E-state index >= 15 is 0 Å². The smallest absolute Gasteiger partial charge is 0.279 e. The number of nitro groups is 1. The van der Waals surface area contributed by atoms with Gasteiger partial charge in [-0.2, -0.15) is 0 Å². The highest BCUT2D eigenvalue weighted by Gasteiger charge is 2.40. The van der Waals surface area contributed by atoms with Gasteiger partial charge in [0, 0.05) is 37.9 Å². The molecule has 22 heavy (non-hydrogen) atoms. The molecule has 0 radical (unpaired) electrons. The fraction of sp³-hybridized carbons (Fsp3) is 0.923. The zero-order valence-corrected chi connectivity index (χ0v) is 14.4. The third-order valence-electron chi connectivity index (χ3n) is 4.46. The van der Waals surface area contributed by atoms with Crippen LogP contribution in [-0.4, -0.2) is 65.2 Å². The number of hydrogen-bond acceptors (Lipinski definition) is 4. The molecular formula is C13H25N4O4P. The zero-order chi connectivity index (χ0) is 16.3. The molecule has 8 nitrogen and oxygen atoms in total. The SMILES string of the molecule is CCP(=O)(CC)N1CCN(CC2COC(C)C2)C1=N[N+](=O)[O-]. The van der Waals surface area contributed by atoms with Gasteiger partial charge in [0.25, 0.3) is 5.96 Å². The molecule has 0 aromatic carbocycles. The summed E-state index contributed by atoms with van der Waals surface area (Å²) >= 11 is 0. The third-order valence-corrected chi connectivity index (χ3v) is 7.69. The summed E-state index contributed by atoms with van der Waals surface area (Å²) in [5.41, 5.74) is 0. The first-order valence-electron chi connectivity index (χ1n) is 7.85. The van der Waals surface area contributed by atoms with Crippen molar-refractivity contribution in [1.82, 2.24) is 9.57 Å². The standard InChI is InChI=1S/C13H25N4O4P/c1-4-22(20,5-2)16-7-6-15(13(16)14-17(18)19)9-12-8-11(3)21-10-12/h11-12H,4-10H2,1-3H3. The number of ether oxygens (including phenoxy) is 1. The fourth-order valence-corrected chi connectivity index (χ4v) is 5.27. The molecule has 2 fully saturated rings. The summed E-state index contributed by atoms with van der Waals surface area (Å²) in [6, 6.07) is 0. The topological polar surface area (TPSA) is 88.3 Å². The fourth-order valence-electron chi connectivity index (χ4n) is 3.19. The molecule has 0 aromatic heterocycles. The maximum Gasteiger partial charge on any atom is 0.279 e. The Labute approximate surface area is 131 Å². The van der Waals surface area contributed by atoms with E-state index in [1.165, 1.54) is 0 Å². The maximum atomic E-state index is 13.0. The van der Waals surface area contributed by atoms with Gasteiger partial charge in [-0.05, 0) is 13.3 Å². The van der Waals surface area contributed by atoms with Gasteiger partial charge in [0.05, 0.1) is 12.7 Å².